The van der Waals surface area contributed by atoms with Crippen LogP contribution in [0.1, 0.15) is 33.1 Å². The predicted octanol–water partition coefficient (Wildman–Crippen LogP) is 1.59. The third-order valence-electron chi connectivity index (χ3n) is 2.10. The van der Waals surface area contributed by atoms with E-state index in [0.717, 1.165) is 12.8 Å². The lowest BCUT2D eigenvalue weighted by atomic mass is 9.95. The van der Waals surface area contributed by atoms with Gasteiger partial charge in [0.05, 0.1) is 13.0 Å². The summed E-state index contributed by atoms with van der Waals surface area (Å²) in [5.74, 6) is 0.262. The lowest BCUT2D eigenvalue weighted by molar-refractivity contribution is -0.146. The fourth-order valence-corrected chi connectivity index (χ4v) is 1.24. The van der Waals surface area contributed by atoms with Crippen LogP contribution in [0.4, 0.5) is 0 Å². The normalized spacial score (nSPS) is 13.0. The van der Waals surface area contributed by atoms with Gasteiger partial charge in [0.1, 0.15) is 0 Å². The summed E-state index contributed by atoms with van der Waals surface area (Å²) in [5, 5.41) is 8.74. The van der Waals surface area contributed by atoms with E-state index in [0.29, 0.717) is 12.3 Å². The van der Waals surface area contributed by atoms with E-state index in [-0.39, 0.29) is 18.5 Å². The van der Waals surface area contributed by atoms with E-state index in [1.165, 1.54) is 7.11 Å². The van der Waals surface area contributed by atoms with Crippen LogP contribution in [-0.4, -0.2) is 24.8 Å². The van der Waals surface area contributed by atoms with Gasteiger partial charge in [-0.15, -0.1) is 0 Å². The quantitative estimate of drug-likeness (QED) is 0.644. The first-order chi connectivity index (χ1) is 6.11. The molecule has 0 saturated heterocycles. The van der Waals surface area contributed by atoms with E-state index in [1.807, 2.05) is 0 Å². The Morgan fingerprint density at radius 2 is 1.92 bits per heavy atom. The highest BCUT2D eigenvalue weighted by Crippen LogP contribution is 2.16. The first kappa shape index (κ1) is 12.4. The number of methoxy groups -OCH3 is 1. The largest absolute Gasteiger partial charge is 0.469 e. The molecular weight excluding hydrogens is 168 g/mol. The van der Waals surface area contributed by atoms with E-state index in [4.69, 9.17) is 5.11 Å². The smallest absolute Gasteiger partial charge is 0.308 e. The number of hydrogen-bond donors (Lipinski definition) is 1. The Labute approximate surface area is 80.1 Å². The number of ether oxygens (including phenoxy) is 1. The van der Waals surface area contributed by atoms with Crippen molar-refractivity contribution < 1.29 is 14.6 Å². The summed E-state index contributed by atoms with van der Waals surface area (Å²) in [6.45, 7) is 4.29. The second kappa shape index (κ2) is 6.89. The number of hydrogen-bond acceptors (Lipinski definition) is 3. The van der Waals surface area contributed by atoms with Crippen molar-refractivity contribution in [1.29, 1.82) is 0 Å². The van der Waals surface area contributed by atoms with Gasteiger partial charge in [-0.2, -0.15) is 0 Å². The van der Waals surface area contributed by atoms with Crippen LogP contribution in [0.3, 0.4) is 0 Å². The molecule has 0 aromatic rings. The highest BCUT2D eigenvalue weighted by atomic mass is 16.5. The van der Waals surface area contributed by atoms with Gasteiger partial charge in [0.25, 0.3) is 0 Å². The van der Waals surface area contributed by atoms with Crippen molar-refractivity contribution in [3.05, 3.63) is 0 Å². The molecule has 0 heterocycles. The van der Waals surface area contributed by atoms with Gasteiger partial charge in [-0.25, -0.2) is 0 Å². The summed E-state index contributed by atoms with van der Waals surface area (Å²) >= 11 is 0. The van der Waals surface area contributed by atoms with Gasteiger partial charge in [0.15, 0.2) is 0 Å². The fraction of sp³-hybridized carbons (Fsp3) is 0.900. The van der Waals surface area contributed by atoms with E-state index < -0.39 is 0 Å². The SMILES string of the molecule is COC(=O)C(CCO)CCC(C)C. The summed E-state index contributed by atoms with van der Waals surface area (Å²) in [6.07, 6.45) is 2.32. The minimum Gasteiger partial charge on any atom is -0.469 e. The number of carbonyl (C=O) groups excluding carboxylic acids is 1. The summed E-state index contributed by atoms with van der Waals surface area (Å²) in [4.78, 5) is 11.2. The van der Waals surface area contributed by atoms with Crippen molar-refractivity contribution >= 4 is 5.97 Å². The topological polar surface area (TPSA) is 46.5 Å². The Balaban J connectivity index is 3.86. The average molecular weight is 188 g/mol. The minimum absolute atomic E-state index is 0.0534. The second-order valence-electron chi connectivity index (χ2n) is 3.70. The molecule has 1 N–H and O–H groups in total. The maximum Gasteiger partial charge on any atom is 0.308 e. The molecule has 13 heavy (non-hydrogen) atoms. The molecule has 0 aliphatic heterocycles. The zero-order chi connectivity index (χ0) is 10.3. The van der Waals surface area contributed by atoms with Gasteiger partial charge in [0, 0.05) is 6.61 Å². The van der Waals surface area contributed by atoms with Crippen LogP contribution in [0, 0.1) is 11.8 Å². The Kier molecular flexibility index (Phi) is 6.59. The van der Waals surface area contributed by atoms with Gasteiger partial charge >= 0.3 is 5.97 Å². The molecule has 0 spiro atoms. The molecule has 0 rings (SSSR count). The lowest BCUT2D eigenvalue weighted by Gasteiger charge is -2.14. The van der Waals surface area contributed by atoms with Crippen LogP contribution in [0.15, 0.2) is 0 Å². The van der Waals surface area contributed by atoms with Crippen molar-refractivity contribution in [2.75, 3.05) is 13.7 Å². The summed E-state index contributed by atoms with van der Waals surface area (Å²) in [5.41, 5.74) is 0. The molecule has 0 bridgehead atoms. The number of esters is 1. The van der Waals surface area contributed by atoms with Gasteiger partial charge in [-0.05, 0) is 18.8 Å². The molecule has 0 aromatic carbocycles. The second-order valence-corrected chi connectivity index (χ2v) is 3.70. The van der Waals surface area contributed by atoms with Gasteiger partial charge in [-0.3, -0.25) is 4.79 Å². The zero-order valence-corrected chi connectivity index (χ0v) is 8.75. The molecule has 3 nitrogen and oxygen atoms in total. The summed E-state index contributed by atoms with van der Waals surface area (Å²) in [7, 11) is 1.39. The van der Waals surface area contributed by atoms with Crippen molar-refractivity contribution in [2.45, 2.75) is 33.1 Å². The molecule has 0 fully saturated rings. The molecule has 0 aliphatic rings. The minimum atomic E-state index is -0.199. The van der Waals surface area contributed by atoms with Crippen molar-refractivity contribution in [3.8, 4) is 0 Å². The highest BCUT2D eigenvalue weighted by molar-refractivity contribution is 5.72. The lowest BCUT2D eigenvalue weighted by Crippen LogP contribution is -2.18. The van der Waals surface area contributed by atoms with Gasteiger partial charge in [-0.1, -0.05) is 20.3 Å². The molecular formula is C10H20O3. The predicted molar refractivity (Wildman–Crippen MR) is 51.3 cm³/mol. The van der Waals surface area contributed by atoms with E-state index >= 15 is 0 Å². The molecule has 0 aromatic heterocycles. The Hall–Kier alpha value is -0.570. The Morgan fingerprint density at radius 1 is 1.31 bits per heavy atom. The van der Waals surface area contributed by atoms with Crippen molar-refractivity contribution in [3.63, 3.8) is 0 Å². The monoisotopic (exact) mass is 188 g/mol. The first-order valence-electron chi connectivity index (χ1n) is 4.80. The number of aliphatic hydroxyl groups is 1. The van der Waals surface area contributed by atoms with Crippen LogP contribution < -0.4 is 0 Å². The summed E-state index contributed by atoms with van der Waals surface area (Å²) in [6, 6.07) is 0. The molecule has 0 aliphatic carbocycles. The average Bonchev–Trinajstić information content (AvgIpc) is 2.10. The Bertz CT molecular complexity index is 143. The maximum absolute atomic E-state index is 11.2. The Morgan fingerprint density at radius 3 is 2.31 bits per heavy atom. The molecule has 3 heteroatoms. The van der Waals surface area contributed by atoms with Gasteiger partial charge in [0.2, 0.25) is 0 Å². The van der Waals surface area contributed by atoms with E-state index in [2.05, 4.69) is 18.6 Å². The molecule has 0 radical (unpaired) electrons. The van der Waals surface area contributed by atoms with Crippen LogP contribution in [-0.2, 0) is 9.53 Å². The molecule has 1 atom stereocenters. The van der Waals surface area contributed by atoms with Gasteiger partial charge < -0.3 is 9.84 Å². The zero-order valence-electron chi connectivity index (χ0n) is 8.75. The van der Waals surface area contributed by atoms with Crippen LogP contribution >= 0.6 is 0 Å². The number of rotatable bonds is 6. The highest BCUT2D eigenvalue weighted by Gasteiger charge is 2.18. The number of carbonyl (C=O) groups is 1. The fourth-order valence-electron chi connectivity index (χ4n) is 1.24. The molecule has 0 saturated carbocycles. The van der Waals surface area contributed by atoms with Crippen LogP contribution in [0.5, 0.6) is 0 Å². The molecule has 78 valence electrons. The third-order valence-corrected chi connectivity index (χ3v) is 2.10. The van der Waals surface area contributed by atoms with Crippen LogP contribution in [0.2, 0.25) is 0 Å². The summed E-state index contributed by atoms with van der Waals surface area (Å²) < 4.78 is 4.65. The standard InChI is InChI=1S/C10H20O3/c1-8(2)4-5-9(6-7-11)10(12)13-3/h8-9,11H,4-7H2,1-3H3. The first-order valence-corrected chi connectivity index (χ1v) is 4.80. The van der Waals surface area contributed by atoms with E-state index in [1.54, 1.807) is 0 Å². The number of aliphatic hydroxyl groups excluding tert-OH is 1. The molecule has 0 amide bonds. The third kappa shape index (κ3) is 5.64. The maximum atomic E-state index is 11.2. The van der Waals surface area contributed by atoms with E-state index in [9.17, 15) is 4.79 Å². The molecule has 1 unspecified atom stereocenters. The van der Waals surface area contributed by atoms with Crippen molar-refractivity contribution in [2.24, 2.45) is 11.8 Å². The van der Waals surface area contributed by atoms with Crippen LogP contribution in [0.25, 0.3) is 0 Å². The van der Waals surface area contributed by atoms with Crippen molar-refractivity contribution in [1.82, 2.24) is 0 Å².